The topological polar surface area (TPSA) is 38.9 Å². The van der Waals surface area contributed by atoms with Crippen LogP contribution < -0.4 is 5.73 Å². The number of aromatic nitrogens is 1. The molecule has 2 nitrogen and oxygen atoms in total. The standard InChI is InChI=1S/C12H18N2/c1-8(2)11(9-5-6-9)10-4-3-7-14-12(10)13/h3-4,7-9,11H,5-6H2,1-2H3,(H2,13,14). The van der Waals surface area contributed by atoms with Crippen LogP contribution in [-0.4, -0.2) is 4.98 Å². The Balaban J connectivity index is 2.30. The second-order valence-electron chi connectivity index (χ2n) is 4.59. The number of nitrogens with two attached hydrogens (primary N) is 1. The summed E-state index contributed by atoms with van der Waals surface area (Å²) < 4.78 is 0. The van der Waals surface area contributed by atoms with Crippen molar-refractivity contribution in [2.75, 3.05) is 5.73 Å². The predicted octanol–water partition coefficient (Wildman–Crippen LogP) is 2.81. The molecule has 1 aliphatic rings. The van der Waals surface area contributed by atoms with E-state index >= 15 is 0 Å². The van der Waals surface area contributed by atoms with Gasteiger partial charge in [0.05, 0.1) is 0 Å². The zero-order chi connectivity index (χ0) is 10.1. The number of hydrogen-bond donors (Lipinski definition) is 1. The summed E-state index contributed by atoms with van der Waals surface area (Å²) in [5, 5.41) is 0. The van der Waals surface area contributed by atoms with E-state index in [1.54, 1.807) is 6.20 Å². The minimum atomic E-state index is 0.615. The Morgan fingerprint density at radius 1 is 1.43 bits per heavy atom. The van der Waals surface area contributed by atoms with Gasteiger partial charge >= 0.3 is 0 Å². The molecule has 1 atom stereocenters. The van der Waals surface area contributed by atoms with Crippen LogP contribution in [0.1, 0.15) is 38.2 Å². The van der Waals surface area contributed by atoms with Crippen LogP contribution in [0, 0.1) is 11.8 Å². The average molecular weight is 190 g/mol. The summed E-state index contributed by atoms with van der Waals surface area (Å²) in [7, 11) is 0. The Hall–Kier alpha value is -1.05. The molecule has 1 fully saturated rings. The highest BCUT2D eigenvalue weighted by Gasteiger charge is 2.35. The molecule has 2 rings (SSSR count). The van der Waals surface area contributed by atoms with E-state index in [0.717, 1.165) is 11.7 Å². The molecule has 1 aromatic rings. The maximum absolute atomic E-state index is 5.91. The van der Waals surface area contributed by atoms with E-state index in [-0.39, 0.29) is 0 Å². The lowest BCUT2D eigenvalue weighted by atomic mass is 9.85. The molecule has 14 heavy (non-hydrogen) atoms. The Kier molecular flexibility index (Phi) is 2.44. The van der Waals surface area contributed by atoms with Gasteiger partial charge in [-0.15, -0.1) is 0 Å². The molecule has 2 N–H and O–H groups in total. The van der Waals surface area contributed by atoms with E-state index in [9.17, 15) is 0 Å². The van der Waals surface area contributed by atoms with Gasteiger partial charge in [0.1, 0.15) is 5.82 Å². The van der Waals surface area contributed by atoms with Crippen LogP contribution >= 0.6 is 0 Å². The summed E-state index contributed by atoms with van der Waals surface area (Å²) in [5.74, 6) is 2.84. The van der Waals surface area contributed by atoms with Crippen LogP contribution in [0.3, 0.4) is 0 Å². The van der Waals surface area contributed by atoms with Crippen molar-refractivity contribution >= 4 is 5.82 Å². The first-order valence-electron chi connectivity index (χ1n) is 5.40. The molecule has 76 valence electrons. The maximum Gasteiger partial charge on any atom is 0.126 e. The van der Waals surface area contributed by atoms with E-state index < -0.39 is 0 Å². The highest BCUT2D eigenvalue weighted by molar-refractivity contribution is 5.42. The van der Waals surface area contributed by atoms with E-state index in [1.807, 2.05) is 6.07 Å². The number of nitrogen functional groups attached to an aromatic ring is 1. The summed E-state index contributed by atoms with van der Waals surface area (Å²) in [4.78, 5) is 4.17. The maximum atomic E-state index is 5.91. The molecular formula is C12H18N2. The third kappa shape index (κ3) is 1.74. The molecule has 1 aromatic heterocycles. The second kappa shape index (κ2) is 3.60. The van der Waals surface area contributed by atoms with Crippen molar-refractivity contribution in [3.63, 3.8) is 0 Å². The van der Waals surface area contributed by atoms with E-state index in [4.69, 9.17) is 5.73 Å². The largest absolute Gasteiger partial charge is 0.383 e. The molecule has 0 aromatic carbocycles. The molecule has 1 unspecified atom stereocenters. The molecule has 0 radical (unpaired) electrons. The first-order valence-corrected chi connectivity index (χ1v) is 5.40. The summed E-state index contributed by atoms with van der Waals surface area (Å²) in [6.45, 7) is 4.55. The van der Waals surface area contributed by atoms with Crippen LogP contribution in [-0.2, 0) is 0 Å². The normalized spacial score (nSPS) is 18.5. The number of anilines is 1. The van der Waals surface area contributed by atoms with E-state index in [2.05, 4.69) is 24.9 Å². The van der Waals surface area contributed by atoms with Gasteiger partial charge in [-0.2, -0.15) is 0 Å². The minimum absolute atomic E-state index is 0.615. The lowest BCUT2D eigenvalue weighted by Crippen LogP contribution is -2.12. The van der Waals surface area contributed by atoms with Crippen molar-refractivity contribution in [2.45, 2.75) is 32.6 Å². The molecule has 0 spiro atoms. The fourth-order valence-electron chi connectivity index (χ4n) is 2.32. The van der Waals surface area contributed by atoms with Crippen LogP contribution in [0.25, 0.3) is 0 Å². The number of rotatable bonds is 3. The van der Waals surface area contributed by atoms with Gasteiger partial charge in [0.15, 0.2) is 0 Å². The van der Waals surface area contributed by atoms with Crippen LogP contribution in [0.5, 0.6) is 0 Å². The van der Waals surface area contributed by atoms with Crippen LogP contribution in [0.2, 0.25) is 0 Å². The summed E-state index contributed by atoms with van der Waals surface area (Å²) in [6.07, 6.45) is 4.48. The average Bonchev–Trinajstić information content (AvgIpc) is 2.92. The van der Waals surface area contributed by atoms with Crippen molar-refractivity contribution in [1.82, 2.24) is 4.98 Å². The predicted molar refractivity (Wildman–Crippen MR) is 59.0 cm³/mol. The molecule has 0 saturated heterocycles. The smallest absolute Gasteiger partial charge is 0.126 e. The van der Waals surface area contributed by atoms with Crippen molar-refractivity contribution in [1.29, 1.82) is 0 Å². The van der Waals surface area contributed by atoms with Gasteiger partial charge in [0, 0.05) is 6.20 Å². The zero-order valence-corrected chi connectivity index (χ0v) is 8.90. The van der Waals surface area contributed by atoms with Gasteiger partial charge in [0.25, 0.3) is 0 Å². The number of nitrogens with zero attached hydrogens (tertiary/aromatic N) is 1. The molecule has 0 bridgehead atoms. The monoisotopic (exact) mass is 190 g/mol. The van der Waals surface area contributed by atoms with Crippen molar-refractivity contribution in [3.05, 3.63) is 23.9 Å². The van der Waals surface area contributed by atoms with E-state index in [1.165, 1.54) is 18.4 Å². The van der Waals surface area contributed by atoms with Crippen LogP contribution in [0.15, 0.2) is 18.3 Å². The number of hydrogen-bond acceptors (Lipinski definition) is 2. The number of pyridine rings is 1. The fraction of sp³-hybridized carbons (Fsp3) is 0.583. The first kappa shape index (κ1) is 9.50. The van der Waals surface area contributed by atoms with Crippen molar-refractivity contribution in [3.8, 4) is 0 Å². The molecule has 0 amide bonds. The zero-order valence-electron chi connectivity index (χ0n) is 8.90. The van der Waals surface area contributed by atoms with Gasteiger partial charge in [-0.3, -0.25) is 0 Å². The first-order chi connectivity index (χ1) is 6.70. The summed E-state index contributed by atoms with van der Waals surface area (Å²) >= 11 is 0. The van der Waals surface area contributed by atoms with Gasteiger partial charge < -0.3 is 5.73 Å². The van der Waals surface area contributed by atoms with Gasteiger partial charge in [-0.25, -0.2) is 4.98 Å². The van der Waals surface area contributed by atoms with Gasteiger partial charge in [-0.05, 0) is 42.2 Å². The third-order valence-corrected chi connectivity index (χ3v) is 3.08. The van der Waals surface area contributed by atoms with Crippen molar-refractivity contribution < 1.29 is 0 Å². The Morgan fingerprint density at radius 3 is 2.64 bits per heavy atom. The SMILES string of the molecule is CC(C)C(c1cccnc1N)C1CC1. The molecular weight excluding hydrogens is 172 g/mol. The third-order valence-electron chi connectivity index (χ3n) is 3.08. The second-order valence-corrected chi connectivity index (χ2v) is 4.59. The quantitative estimate of drug-likeness (QED) is 0.796. The Bertz CT molecular complexity index is 314. The molecule has 0 aliphatic heterocycles. The van der Waals surface area contributed by atoms with Crippen LogP contribution in [0.4, 0.5) is 5.82 Å². The minimum Gasteiger partial charge on any atom is -0.383 e. The highest BCUT2D eigenvalue weighted by Crippen LogP contribution is 2.47. The fourth-order valence-corrected chi connectivity index (χ4v) is 2.32. The molecule has 2 heteroatoms. The lowest BCUT2D eigenvalue weighted by molar-refractivity contribution is 0.450. The summed E-state index contributed by atoms with van der Waals surface area (Å²) in [6, 6.07) is 4.12. The summed E-state index contributed by atoms with van der Waals surface area (Å²) in [5.41, 5.74) is 7.17. The molecule has 1 saturated carbocycles. The van der Waals surface area contributed by atoms with Crippen molar-refractivity contribution in [2.24, 2.45) is 11.8 Å². The lowest BCUT2D eigenvalue weighted by Gasteiger charge is -2.21. The van der Waals surface area contributed by atoms with E-state index in [0.29, 0.717) is 11.8 Å². The Labute approximate surface area is 85.5 Å². The Morgan fingerprint density at radius 2 is 2.14 bits per heavy atom. The van der Waals surface area contributed by atoms with Gasteiger partial charge in [-0.1, -0.05) is 19.9 Å². The molecule has 1 aliphatic carbocycles. The molecule has 1 heterocycles. The van der Waals surface area contributed by atoms with Gasteiger partial charge in [0.2, 0.25) is 0 Å². The highest BCUT2D eigenvalue weighted by atomic mass is 14.8.